The Morgan fingerprint density at radius 1 is 0.923 bits per heavy atom. The Morgan fingerprint density at radius 3 is 2.31 bits per heavy atom. The summed E-state index contributed by atoms with van der Waals surface area (Å²) in [6, 6.07) is 22.6. The van der Waals surface area contributed by atoms with Crippen molar-refractivity contribution in [3.8, 4) is 5.75 Å². The second-order valence-corrected chi connectivity index (χ2v) is 6.52. The topological polar surface area (TPSA) is 45.7 Å². The van der Waals surface area contributed by atoms with E-state index in [0.29, 0.717) is 27.5 Å². The first kappa shape index (κ1) is 16.4. The van der Waals surface area contributed by atoms with Crippen LogP contribution in [0, 0.1) is 6.92 Å². The molecule has 3 aromatic carbocycles. The van der Waals surface area contributed by atoms with Gasteiger partial charge in [-0.05, 0) is 43.3 Å². The quantitative estimate of drug-likeness (QED) is 0.437. The first-order valence-corrected chi connectivity index (χ1v) is 8.62. The molecule has 0 amide bonds. The van der Waals surface area contributed by atoms with Gasteiger partial charge in [-0.15, -0.1) is 0 Å². The lowest BCUT2D eigenvalue weighted by molar-refractivity contribution is 0.461. The molecule has 0 aliphatic carbocycles. The van der Waals surface area contributed by atoms with Gasteiger partial charge in [0, 0.05) is 10.6 Å². The van der Waals surface area contributed by atoms with Crippen LogP contribution in [-0.2, 0) is 0 Å². The highest BCUT2D eigenvalue weighted by atomic mass is 35.5. The van der Waals surface area contributed by atoms with Crippen LogP contribution in [0.5, 0.6) is 5.75 Å². The first-order chi connectivity index (χ1) is 12.6. The molecule has 128 valence electrons. The molecule has 0 saturated carbocycles. The molecule has 0 radical (unpaired) electrons. The molecule has 3 nitrogen and oxygen atoms in total. The average Bonchev–Trinajstić information content (AvgIpc) is 2.99. The number of aromatic hydroxyl groups is 1. The van der Waals surface area contributed by atoms with Crippen LogP contribution in [0.15, 0.2) is 82.2 Å². The molecule has 4 aromatic rings. The number of aliphatic imine (C=N–C) groups is 1. The minimum atomic E-state index is 0.0916. The highest BCUT2D eigenvalue weighted by Gasteiger charge is 2.20. The lowest BCUT2D eigenvalue weighted by atomic mass is 10.0. The van der Waals surface area contributed by atoms with Gasteiger partial charge in [0.25, 0.3) is 0 Å². The molecule has 26 heavy (non-hydrogen) atoms. The van der Waals surface area contributed by atoms with Crippen LogP contribution >= 0.6 is 11.6 Å². The summed E-state index contributed by atoms with van der Waals surface area (Å²) >= 11 is 5.97. The zero-order valence-corrected chi connectivity index (χ0v) is 14.9. The van der Waals surface area contributed by atoms with Crippen LogP contribution in [-0.4, -0.2) is 10.8 Å². The SMILES string of the molecule is Cc1ccc(C(=Nc2ccc(Cl)cc2)c2oc3ccccc3c2O)cc1. The van der Waals surface area contributed by atoms with E-state index in [0.717, 1.165) is 16.8 Å². The molecule has 0 fully saturated rings. The predicted octanol–water partition coefficient (Wildman–Crippen LogP) is 6.27. The Bertz CT molecular complexity index is 1090. The average molecular weight is 362 g/mol. The van der Waals surface area contributed by atoms with Crippen LogP contribution < -0.4 is 0 Å². The summed E-state index contributed by atoms with van der Waals surface area (Å²) in [6.07, 6.45) is 0. The zero-order chi connectivity index (χ0) is 18.1. The van der Waals surface area contributed by atoms with Gasteiger partial charge in [0.05, 0.1) is 11.1 Å². The fourth-order valence-electron chi connectivity index (χ4n) is 2.79. The van der Waals surface area contributed by atoms with E-state index in [1.807, 2.05) is 67.6 Å². The maximum Gasteiger partial charge on any atom is 0.196 e. The third kappa shape index (κ3) is 3.09. The largest absolute Gasteiger partial charge is 0.504 e. The molecule has 0 spiro atoms. The van der Waals surface area contributed by atoms with Crippen molar-refractivity contribution in [3.63, 3.8) is 0 Å². The van der Waals surface area contributed by atoms with E-state index < -0.39 is 0 Å². The number of hydrogen-bond donors (Lipinski definition) is 1. The molecular weight excluding hydrogens is 346 g/mol. The molecule has 1 aromatic heterocycles. The van der Waals surface area contributed by atoms with Crippen LogP contribution in [0.1, 0.15) is 16.9 Å². The Hall–Kier alpha value is -3.04. The van der Waals surface area contributed by atoms with Gasteiger partial charge in [0.15, 0.2) is 11.5 Å². The Balaban J connectivity index is 1.93. The summed E-state index contributed by atoms with van der Waals surface area (Å²) in [5.74, 6) is 0.443. The standard InChI is InChI=1S/C22H16ClNO2/c1-14-6-8-15(9-7-14)20(24-17-12-10-16(23)11-13-17)22-21(25)18-4-2-3-5-19(18)26-22/h2-13,25H,1H3. The van der Waals surface area contributed by atoms with Gasteiger partial charge in [-0.25, -0.2) is 4.99 Å². The number of nitrogens with zero attached hydrogens (tertiary/aromatic N) is 1. The van der Waals surface area contributed by atoms with Crippen molar-refractivity contribution in [3.05, 3.63) is 94.7 Å². The third-order valence-electron chi connectivity index (χ3n) is 4.18. The Labute approximate surface area is 156 Å². The van der Waals surface area contributed by atoms with Gasteiger partial charge in [-0.1, -0.05) is 53.6 Å². The van der Waals surface area contributed by atoms with Crippen LogP contribution in [0.2, 0.25) is 5.02 Å². The number of hydrogen-bond acceptors (Lipinski definition) is 3. The van der Waals surface area contributed by atoms with E-state index >= 15 is 0 Å². The number of fused-ring (bicyclic) bond motifs is 1. The van der Waals surface area contributed by atoms with Crippen LogP contribution in [0.25, 0.3) is 11.0 Å². The summed E-state index contributed by atoms with van der Waals surface area (Å²) in [5.41, 5.74) is 3.93. The van der Waals surface area contributed by atoms with E-state index in [4.69, 9.17) is 21.0 Å². The van der Waals surface area contributed by atoms with Gasteiger partial charge in [0.1, 0.15) is 11.3 Å². The van der Waals surface area contributed by atoms with E-state index in [2.05, 4.69) is 0 Å². The van der Waals surface area contributed by atoms with Crippen molar-refractivity contribution in [2.24, 2.45) is 4.99 Å². The van der Waals surface area contributed by atoms with Gasteiger partial charge in [-0.3, -0.25) is 0 Å². The smallest absolute Gasteiger partial charge is 0.196 e. The van der Waals surface area contributed by atoms with Crippen molar-refractivity contribution in [1.29, 1.82) is 0 Å². The van der Waals surface area contributed by atoms with Crippen LogP contribution in [0.3, 0.4) is 0 Å². The summed E-state index contributed by atoms with van der Waals surface area (Å²) in [7, 11) is 0. The zero-order valence-electron chi connectivity index (χ0n) is 14.1. The second kappa shape index (κ2) is 6.70. The van der Waals surface area contributed by atoms with Crippen LogP contribution in [0.4, 0.5) is 5.69 Å². The first-order valence-electron chi connectivity index (χ1n) is 8.24. The fourth-order valence-corrected chi connectivity index (χ4v) is 2.92. The lowest BCUT2D eigenvalue weighted by Crippen LogP contribution is -2.02. The number of benzene rings is 3. The molecule has 0 aliphatic heterocycles. The summed E-state index contributed by atoms with van der Waals surface area (Å²) < 4.78 is 5.93. The second-order valence-electron chi connectivity index (χ2n) is 6.08. The summed E-state index contributed by atoms with van der Waals surface area (Å²) in [5, 5.41) is 12.0. The molecule has 0 aliphatic rings. The Morgan fingerprint density at radius 2 is 1.62 bits per heavy atom. The van der Waals surface area contributed by atoms with Gasteiger partial charge in [0.2, 0.25) is 0 Å². The number of furan rings is 1. The molecule has 1 N–H and O–H groups in total. The lowest BCUT2D eigenvalue weighted by Gasteiger charge is -2.06. The van der Waals surface area contributed by atoms with Crippen molar-refractivity contribution >= 4 is 34.0 Å². The van der Waals surface area contributed by atoms with E-state index in [-0.39, 0.29) is 5.75 Å². The minimum absolute atomic E-state index is 0.0916. The maximum atomic E-state index is 10.7. The highest BCUT2D eigenvalue weighted by molar-refractivity contribution is 6.30. The van der Waals surface area contributed by atoms with E-state index in [1.54, 1.807) is 12.1 Å². The fraction of sp³-hybridized carbons (Fsp3) is 0.0455. The van der Waals surface area contributed by atoms with Crippen molar-refractivity contribution in [2.45, 2.75) is 6.92 Å². The molecule has 1 heterocycles. The third-order valence-corrected chi connectivity index (χ3v) is 4.43. The summed E-state index contributed by atoms with van der Waals surface area (Å²) in [6.45, 7) is 2.03. The van der Waals surface area contributed by atoms with E-state index in [1.165, 1.54) is 0 Å². The molecular formula is C22H16ClNO2. The predicted molar refractivity (Wildman–Crippen MR) is 106 cm³/mol. The van der Waals surface area contributed by atoms with Gasteiger partial charge >= 0.3 is 0 Å². The summed E-state index contributed by atoms with van der Waals surface area (Å²) in [4.78, 5) is 4.73. The monoisotopic (exact) mass is 361 g/mol. The number of rotatable bonds is 3. The minimum Gasteiger partial charge on any atom is -0.504 e. The number of para-hydroxylation sites is 1. The molecule has 0 atom stereocenters. The molecule has 0 saturated heterocycles. The normalized spacial score (nSPS) is 11.8. The van der Waals surface area contributed by atoms with Crippen molar-refractivity contribution in [1.82, 2.24) is 0 Å². The van der Waals surface area contributed by atoms with Crippen molar-refractivity contribution in [2.75, 3.05) is 0 Å². The van der Waals surface area contributed by atoms with E-state index in [9.17, 15) is 5.11 Å². The number of halogens is 1. The molecule has 4 heteroatoms. The Kier molecular flexibility index (Phi) is 4.23. The molecule has 4 rings (SSSR count). The molecule has 0 unspecified atom stereocenters. The highest BCUT2D eigenvalue weighted by Crippen LogP contribution is 2.34. The van der Waals surface area contributed by atoms with Gasteiger partial charge in [-0.2, -0.15) is 0 Å². The van der Waals surface area contributed by atoms with Crippen molar-refractivity contribution < 1.29 is 9.52 Å². The van der Waals surface area contributed by atoms with Gasteiger partial charge < -0.3 is 9.52 Å². The maximum absolute atomic E-state index is 10.7. The number of aryl methyl sites for hydroxylation is 1. The molecule has 0 bridgehead atoms.